The van der Waals surface area contributed by atoms with Gasteiger partial charge in [0.05, 0.1) is 20.1 Å². The molecule has 0 amide bonds. The van der Waals surface area contributed by atoms with Crippen molar-refractivity contribution in [1.82, 2.24) is 9.55 Å². The van der Waals surface area contributed by atoms with E-state index in [4.69, 9.17) is 10.9 Å². The fraction of sp³-hybridized carbons (Fsp3) is 0.615. The molecule has 0 radical (unpaired) electrons. The zero-order chi connectivity index (χ0) is 19.9. The number of aromatic nitrogens is 2. The normalized spacial score (nSPS) is 25.5. The average Bonchev–Trinajstić information content (AvgIpc) is 2.93. The molecular formula is C13H20N3O8P. The lowest BCUT2D eigenvalue weighted by Gasteiger charge is -2.20. The van der Waals surface area contributed by atoms with E-state index in [9.17, 15) is 24.6 Å². The van der Waals surface area contributed by atoms with Gasteiger partial charge in [0.2, 0.25) is 0 Å². The molecule has 0 aromatic carbocycles. The highest BCUT2D eigenvalue weighted by atomic mass is 31.0. The Morgan fingerprint density at radius 1 is 1.56 bits per heavy atom. The molecule has 12 heteroatoms. The number of nitrogens with one attached hydrogen (secondary N) is 2. The molecule has 11 nitrogen and oxygen atoms in total. The van der Waals surface area contributed by atoms with Gasteiger partial charge in [0, 0.05) is 18.9 Å². The average molecular weight is 379 g/mol. The number of hydrogen-bond donors (Lipinski definition) is 4. The number of aromatic amines is 1. The summed E-state index contributed by atoms with van der Waals surface area (Å²) in [6.45, 7) is -0.468. The highest BCUT2D eigenvalue weighted by molar-refractivity contribution is 7.02. The second kappa shape index (κ2) is 9.54. The van der Waals surface area contributed by atoms with Crippen molar-refractivity contribution >= 4 is 15.0 Å². The molecule has 1 aromatic rings. The largest absolute Gasteiger partial charge is 0.469 e. The summed E-state index contributed by atoms with van der Waals surface area (Å²) in [5.41, 5.74) is -1.51. The van der Waals surface area contributed by atoms with Crippen LogP contribution in [-0.2, 0) is 25.4 Å². The van der Waals surface area contributed by atoms with Gasteiger partial charge in [0.15, 0.2) is 7.64 Å². The van der Waals surface area contributed by atoms with Crippen LogP contribution in [0.2, 0.25) is 1.41 Å². The summed E-state index contributed by atoms with van der Waals surface area (Å²) in [5, 5.41) is 21.7. The molecule has 2 rings (SSSR count). The monoisotopic (exact) mass is 379 g/mol. The quantitative estimate of drug-likeness (QED) is 0.351. The first-order valence-corrected chi connectivity index (χ1v) is 7.48. The summed E-state index contributed by atoms with van der Waals surface area (Å²) in [5.74, 6) is -0.649. The Kier molecular flexibility index (Phi) is 7.41. The van der Waals surface area contributed by atoms with Crippen molar-refractivity contribution < 1.29 is 30.6 Å². The summed E-state index contributed by atoms with van der Waals surface area (Å²) >= 11 is 0. The molecule has 1 fully saturated rings. The minimum Gasteiger partial charge on any atom is -0.469 e. The standard InChI is InChI=1S/C13H18N2O8.H2NP/c1-21-8(17)3-6-4-15(13(20)14-11(6)19)12-10(22-2)9(18)7(5-16)23-12;1-2/h4,7,9-10,12,16,18H,3,5H2,1-2H3,(H,14,19,20);1-2H/t7-,9+,10?,12-;/m1./s1/i/hT. The summed E-state index contributed by atoms with van der Waals surface area (Å²) in [6.07, 6.45) is -3.26. The minimum absolute atomic E-state index is 0.00292. The van der Waals surface area contributed by atoms with Crippen LogP contribution < -0.4 is 11.2 Å². The lowest BCUT2D eigenvalue weighted by atomic mass is 10.1. The first-order chi connectivity index (χ1) is 12.3. The molecule has 25 heavy (non-hydrogen) atoms. The molecule has 2 heterocycles. The van der Waals surface area contributed by atoms with Crippen LogP contribution in [0, 0.1) is 5.15 Å². The Balaban J connectivity index is 0.00000105. The number of hydrogen-bond acceptors (Lipinski definition) is 9. The first-order valence-electron chi connectivity index (χ1n) is 7.48. The van der Waals surface area contributed by atoms with Gasteiger partial charge in [0.25, 0.3) is 5.56 Å². The van der Waals surface area contributed by atoms with E-state index >= 15 is 0 Å². The molecule has 1 aliphatic heterocycles. The minimum atomic E-state index is -1.15. The maximum Gasteiger partial charge on any atom is 0.330 e. The highest BCUT2D eigenvalue weighted by Gasteiger charge is 2.45. The van der Waals surface area contributed by atoms with Crippen LogP contribution >= 0.6 is 9.03 Å². The second-order valence-electron chi connectivity index (χ2n) is 5.01. The Labute approximate surface area is 145 Å². The summed E-state index contributed by atoms with van der Waals surface area (Å²) in [6, 6.07) is 0. The van der Waals surface area contributed by atoms with Crippen LogP contribution in [0.5, 0.6) is 0 Å². The summed E-state index contributed by atoms with van der Waals surface area (Å²) < 4.78 is 21.8. The Hall–Kier alpha value is -1.91. The maximum atomic E-state index is 12.0. The van der Waals surface area contributed by atoms with E-state index in [-0.39, 0.29) is 12.0 Å². The number of carbonyl (C=O) groups excluding carboxylic acids is 1. The molecule has 0 spiro atoms. The lowest BCUT2D eigenvalue weighted by molar-refractivity contribution is -0.139. The van der Waals surface area contributed by atoms with Crippen molar-refractivity contribution in [3.05, 3.63) is 32.6 Å². The van der Waals surface area contributed by atoms with Crippen molar-refractivity contribution in [3.8, 4) is 0 Å². The van der Waals surface area contributed by atoms with E-state index in [0.717, 1.165) is 10.8 Å². The van der Waals surface area contributed by atoms with Gasteiger partial charge >= 0.3 is 11.7 Å². The molecule has 0 saturated carbocycles. The van der Waals surface area contributed by atoms with Crippen molar-refractivity contribution in [2.24, 2.45) is 0 Å². The van der Waals surface area contributed by atoms with E-state index < -0.39 is 48.4 Å². The smallest absolute Gasteiger partial charge is 0.330 e. The highest BCUT2D eigenvalue weighted by Crippen LogP contribution is 2.30. The maximum absolute atomic E-state index is 12.0. The predicted octanol–water partition coefficient (Wildman–Crippen LogP) is -1.59. The third kappa shape index (κ3) is 4.59. The van der Waals surface area contributed by atoms with Gasteiger partial charge in [-0.3, -0.25) is 24.3 Å². The molecule has 1 aromatic heterocycles. The molecule has 4 N–H and O–H groups in total. The number of aliphatic hydroxyl groups is 2. The number of rotatable bonds is 5. The number of carbonyl (C=O) groups is 1. The van der Waals surface area contributed by atoms with Crippen molar-refractivity contribution in [1.29, 1.82) is 5.15 Å². The number of ether oxygens (including phenoxy) is 3. The zero-order valence-electron chi connectivity index (χ0n) is 14.5. The SMILES string of the molecule is COC(=O)Cc1cn([C@@H]2O[C@H](CO)[C@H](O)C2OC)c(=O)[nH]c1=O.[3H]N=P. The van der Waals surface area contributed by atoms with Crippen molar-refractivity contribution in [2.45, 2.75) is 31.0 Å². The molecular weight excluding hydrogens is 357 g/mol. The van der Waals surface area contributed by atoms with Gasteiger partial charge < -0.3 is 24.4 Å². The fourth-order valence-electron chi connectivity index (χ4n) is 2.42. The van der Waals surface area contributed by atoms with Gasteiger partial charge in [-0.05, 0) is 9.03 Å². The molecule has 4 atom stereocenters. The van der Waals surface area contributed by atoms with Gasteiger partial charge in [-0.1, -0.05) is 0 Å². The van der Waals surface area contributed by atoms with E-state index in [1.807, 2.05) is 0 Å². The summed E-state index contributed by atoms with van der Waals surface area (Å²) in [7, 11) is 4.97. The van der Waals surface area contributed by atoms with Crippen molar-refractivity contribution in [3.63, 3.8) is 0 Å². The van der Waals surface area contributed by atoms with Crippen LogP contribution in [0.15, 0.2) is 15.8 Å². The summed E-state index contributed by atoms with van der Waals surface area (Å²) in [4.78, 5) is 37.2. The van der Waals surface area contributed by atoms with Crippen LogP contribution in [0.25, 0.3) is 0 Å². The van der Waals surface area contributed by atoms with Crippen LogP contribution in [0.3, 0.4) is 0 Å². The topological polar surface area (TPSA) is 164 Å². The van der Waals surface area contributed by atoms with E-state index in [0.29, 0.717) is 0 Å². The molecule has 1 unspecified atom stereocenters. The molecule has 140 valence electrons. The van der Waals surface area contributed by atoms with Crippen LogP contribution in [0.1, 0.15) is 11.8 Å². The molecule has 0 aliphatic carbocycles. The van der Waals surface area contributed by atoms with Gasteiger partial charge in [-0.25, -0.2) is 4.79 Å². The van der Waals surface area contributed by atoms with Crippen LogP contribution in [0.4, 0.5) is 0 Å². The lowest BCUT2D eigenvalue weighted by Crippen LogP contribution is -2.40. The molecule has 0 bridgehead atoms. The number of nitrogens with zero attached hydrogens (tertiary/aromatic N) is 1. The number of aliphatic hydroxyl groups excluding tert-OH is 2. The van der Waals surface area contributed by atoms with E-state index in [2.05, 4.69) is 23.9 Å². The first kappa shape index (κ1) is 19.4. The van der Waals surface area contributed by atoms with Gasteiger partial charge in [-0.15, -0.1) is 0 Å². The second-order valence-corrected chi connectivity index (χ2v) is 5.01. The number of esters is 1. The van der Waals surface area contributed by atoms with Gasteiger partial charge in [0.1, 0.15) is 18.3 Å². The third-order valence-electron chi connectivity index (χ3n) is 3.64. The van der Waals surface area contributed by atoms with E-state index in [1.54, 1.807) is 0 Å². The Morgan fingerprint density at radius 2 is 2.20 bits per heavy atom. The third-order valence-corrected chi connectivity index (χ3v) is 3.64. The van der Waals surface area contributed by atoms with E-state index in [1.165, 1.54) is 14.2 Å². The van der Waals surface area contributed by atoms with Crippen LogP contribution in [-0.4, -0.2) is 64.9 Å². The number of methoxy groups -OCH3 is 2. The number of H-pyrrole nitrogens is 1. The molecule has 1 saturated heterocycles. The van der Waals surface area contributed by atoms with Gasteiger partial charge in [-0.2, -0.15) is 0 Å². The zero-order valence-corrected chi connectivity index (χ0v) is 14.5. The fourth-order valence-corrected chi connectivity index (χ4v) is 2.42. The predicted molar refractivity (Wildman–Crippen MR) is 85.9 cm³/mol. The Morgan fingerprint density at radius 3 is 2.72 bits per heavy atom. The molecule has 1 aliphatic rings. The van der Waals surface area contributed by atoms with Crippen molar-refractivity contribution in [2.75, 3.05) is 20.8 Å². The Bertz CT molecular complexity index is 739.